The summed E-state index contributed by atoms with van der Waals surface area (Å²) in [5.41, 5.74) is 11.5. The van der Waals surface area contributed by atoms with Crippen LogP contribution in [0.25, 0.3) is 11.1 Å². The molecule has 164 valence electrons. The van der Waals surface area contributed by atoms with Crippen molar-refractivity contribution in [3.05, 3.63) is 70.9 Å². The summed E-state index contributed by atoms with van der Waals surface area (Å²) in [5.74, 6) is -1.45. The molecule has 4 N–H and O–H groups in total. The largest absolute Gasteiger partial charge is 0.383 e. The van der Waals surface area contributed by atoms with Gasteiger partial charge in [0.2, 0.25) is 5.91 Å². The number of amidine groups is 1. The Morgan fingerprint density at radius 3 is 2.56 bits per heavy atom. The average Bonchev–Trinajstić information content (AvgIpc) is 3.12. The second-order valence-electron chi connectivity index (χ2n) is 7.01. The van der Waals surface area contributed by atoms with E-state index in [9.17, 15) is 13.6 Å². The Bertz CT molecular complexity index is 1230. The topological polar surface area (TPSA) is 98.9 Å². The van der Waals surface area contributed by atoms with E-state index in [0.717, 1.165) is 17.2 Å². The van der Waals surface area contributed by atoms with Crippen molar-refractivity contribution in [2.24, 2.45) is 5.10 Å². The molecule has 4 rings (SSSR count). The lowest BCUT2D eigenvalue weighted by atomic mass is 10.0. The summed E-state index contributed by atoms with van der Waals surface area (Å²) in [6, 6.07) is 10.7. The lowest BCUT2D eigenvalue weighted by Gasteiger charge is -2.27. The van der Waals surface area contributed by atoms with E-state index in [-0.39, 0.29) is 28.3 Å². The van der Waals surface area contributed by atoms with Gasteiger partial charge in [-0.3, -0.25) is 4.79 Å². The molecule has 0 fully saturated rings. The van der Waals surface area contributed by atoms with E-state index in [2.05, 4.69) is 20.9 Å². The van der Waals surface area contributed by atoms with Crippen molar-refractivity contribution in [3.63, 3.8) is 0 Å². The fourth-order valence-corrected chi connectivity index (χ4v) is 3.45. The van der Waals surface area contributed by atoms with Crippen molar-refractivity contribution < 1.29 is 13.6 Å². The number of rotatable bonds is 4. The third kappa shape index (κ3) is 4.05. The molecular formula is C21H18ClF2N7O. The number of hydrogen-bond donors (Lipinski definition) is 3. The number of hydrogen-bond acceptors (Lipinski definition) is 7. The van der Waals surface area contributed by atoms with Crippen LogP contribution in [-0.2, 0) is 4.79 Å². The number of hydrazine groups is 2. The van der Waals surface area contributed by atoms with Gasteiger partial charge in [-0.2, -0.15) is 0 Å². The number of benzene rings is 2. The van der Waals surface area contributed by atoms with Crippen LogP contribution in [0, 0.1) is 11.6 Å². The maximum atomic E-state index is 14.1. The number of pyridine rings is 1. The van der Waals surface area contributed by atoms with Crippen LogP contribution in [0.4, 0.5) is 26.0 Å². The molecule has 2 aromatic carbocycles. The van der Waals surface area contributed by atoms with E-state index in [1.807, 2.05) is 12.1 Å². The number of aromatic nitrogens is 1. The van der Waals surface area contributed by atoms with Gasteiger partial charge in [-0.05, 0) is 23.8 Å². The predicted molar refractivity (Wildman–Crippen MR) is 120 cm³/mol. The monoisotopic (exact) mass is 457 g/mol. The molecule has 0 saturated heterocycles. The molecule has 1 aliphatic rings. The van der Waals surface area contributed by atoms with Gasteiger partial charge >= 0.3 is 0 Å². The number of nitrogens with two attached hydrogens (primary N) is 1. The van der Waals surface area contributed by atoms with Crippen molar-refractivity contribution in [1.29, 1.82) is 0 Å². The van der Waals surface area contributed by atoms with Crippen LogP contribution in [0.2, 0.25) is 5.02 Å². The van der Waals surface area contributed by atoms with Crippen molar-refractivity contribution in [2.45, 2.75) is 6.92 Å². The number of hydrazone groups is 1. The van der Waals surface area contributed by atoms with E-state index in [0.29, 0.717) is 17.3 Å². The molecule has 1 aromatic heterocycles. The van der Waals surface area contributed by atoms with Crippen molar-refractivity contribution in [3.8, 4) is 11.1 Å². The number of nitrogens with zero attached hydrogens (tertiary/aromatic N) is 4. The van der Waals surface area contributed by atoms with Crippen LogP contribution in [0.3, 0.4) is 0 Å². The third-order valence-corrected chi connectivity index (χ3v) is 5.08. The van der Waals surface area contributed by atoms with Gasteiger partial charge in [0.1, 0.15) is 22.5 Å². The highest BCUT2D eigenvalue weighted by Gasteiger charge is 2.31. The number of anilines is 3. The molecule has 8 nitrogen and oxygen atoms in total. The van der Waals surface area contributed by atoms with Gasteiger partial charge in [-0.15, -0.1) is 10.2 Å². The summed E-state index contributed by atoms with van der Waals surface area (Å²) in [4.78, 5) is 15.5. The molecular weight excluding hydrogens is 440 g/mol. The van der Waals surface area contributed by atoms with E-state index < -0.39 is 11.6 Å². The minimum atomic E-state index is -0.902. The fraction of sp³-hybridized carbons (Fsp3) is 0.0952. The zero-order valence-electron chi connectivity index (χ0n) is 17.0. The summed E-state index contributed by atoms with van der Waals surface area (Å²) in [7, 11) is 1.60. The van der Waals surface area contributed by atoms with E-state index in [1.165, 1.54) is 17.1 Å². The quantitative estimate of drug-likeness (QED) is 0.516. The number of halogens is 3. The van der Waals surface area contributed by atoms with Crippen LogP contribution in [0.1, 0.15) is 12.5 Å². The Morgan fingerprint density at radius 2 is 1.88 bits per heavy atom. The van der Waals surface area contributed by atoms with Crippen molar-refractivity contribution >= 4 is 40.5 Å². The molecule has 0 unspecified atom stereocenters. The highest BCUT2D eigenvalue weighted by molar-refractivity contribution is 6.34. The van der Waals surface area contributed by atoms with Gasteiger partial charge in [-0.1, -0.05) is 23.7 Å². The van der Waals surface area contributed by atoms with Crippen molar-refractivity contribution in [1.82, 2.24) is 15.6 Å². The Morgan fingerprint density at radius 1 is 1.16 bits per heavy atom. The molecule has 3 aromatic rings. The van der Waals surface area contributed by atoms with Crippen molar-refractivity contribution in [2.75, 3.05) is 23.1 Å². The van der Waals surface area contributed by atoms with Gasteiger partial charge in [0.25, 0.3) is 0 Å². The number of nitrogens with one attached hydrogen (secondary N) is 2. The van der Waals surface area contributed by atoms with Crippen LogP contribution in [0.15, 0.2) is 53.8 Å². The summed E-state index contributed by atoms with van der Waals surface area (Å²) >= 11 is 6.11. The lowest BCUT2D eigenvalue weighted by Crippen LogP contribution is -2.43. The smallest absolute Gasteiger partial charge is 0.221 e. The molecule has 0 bridgehead atoms. The first-order chi connectivity index (χ1) is 15.2. The van der Waals surface area contributed by atoms with Gasteiger partial charge in [-0.25, -0.2) is 24.3 Å². The minimum Gasteiger partial charge on any atom is -0.383 e. The molecule has 0 spiro atoms. The van der Waals surface area contributed by atoms with Gasteiger partial charge in [0.15, 0.2) is 5.84 Å². The molecule has 0 atom stereocenters. The fourth-order valence-electron chi connectivity index (χ4n) is 3.26. The first kappa shape index (κ1) is 21.5. The molecule has 1 aliphatic heterocycles. The van der Waals surface area contributed by atoms with Crippen LogP contribution in [0.5, 0.6) is 0 Å². The zero-order valence-corrected chi connectivity index (χ0v) is 17.8. The van der Waals surface area contributed by atoms with Crippen LogP contribution >= 0.6 is 11.6 Å². The molecule has 32 heavy (non-hydrogen) atoms. The number of amides is 1. The maximum absolute atomic E-state index is 14.1. The highest BCUT2D eigenvalue weighted by atomic mass is 35.5. The van der Waals surface area contributed by atoms with E-state index in [1.54, 1.807) is 31.4 Å². The second kappa shape index (κ2) is 8.40. The Balaban J connectivity index is 1.74. The van der Waals surface area contributed by atoms with Gasteiger partial charge in [0.05, 0.1) is 11.3 Å². The van der Waals surface area contributed by atoms with Gasteiger partial charge < -0.3 is 11.1 Å². The summed E-state index contributed by atoms with van der Waals surface area (Å²) < 4.78 is 28.0. The zero-order chi connectivity index (χ0) is 23.0. The summed E-state index contributed by atoms with van der Waals surface area (Å²) in [5, 5.41) is 9.47. The number of carbonyl (C=O) groups is 1. The highest BCUT2D eigenvalue weighted by Crippen LogP contribution is 2.34. The summed E-state index contributed by atoms with van der Waals surface area (Å²) in [6.45, 7) is 1.43. The van der Waals surface area contributed by atoms with E-state index >= 15 is 0 Å². The Hall–Kier alpha value is -3.76. The second-order valence-corrected chi connectivity index (χ2v) is 7.38. The predicted octanol–water partition coefficient (Wildman–Crippen LogP) is 3.75. The molecule has 2 heterocycles. The maximum Gasteiger partial charge on any atom is 0.221 e. The molecule has 11 heteroatoms. The molecule has 1 amide bonds. The summed E-state index contributed by atoms with van der Waals surface area (Å²) in [6.07, 6.45) is 1.60. The van der Waals surface area contributed by atoms with Crippen LogP contribution < -0.4 is 21.6 Å². The number of carbonyl (C=O) groups excluding carboxylic acids is 1. The first-order valence-corrected chi connectivity index (χ1v) is 9.78. The van der Waals surface area contributed by atoms with Gasteiger partial charge in [0, 0.05) is 43.6 Å². The molecule has 0 radical (unpaired) electrons. The normalized spacial score (nSPS) is 13.7. The molecule has 0 saturated carbocycles. The Kier molecular flexibility index (Phi) is 5.64. The standard InChI is InChI=1S/C21H18ClF2N7O/c1-11(32)27-15-5-3-12(4-6-15)13-7-16(20(25)26-10-13)21-28-29-30(2)31(21)18-9-14(23)8-17(24)19(18)22/h3-10,29H,1-2H3,(H2,25,26)(H,27,32). The van der Waals surface area contributed by atoms with Crippen LogP contribution in [-0.4, -0.2) is 28.9 Å². The molecule has 0 aliphatic carbocycles. The Labute approximate surface area is 187 Å². The number of nitrogen functional groups attached to an aromatic ring is 1. The minimum absolute atomic E-state index is 0.0416. The first-order valence-electron chi connectivity index (χ1n) is 9.40. The average molecular weight is 458 g/mol. The third-order valence-electron chi connectivity index (χ3n) is 4.70. The van der Waals surface area contributed by atoms with E-state index in [4.69, 9.17) is 17.3 Å². The SMILES string of the molecule is CC(=O)Nc1ccc(-c2cnc(N)c(C3=NNN(C)N3c3cc(F)cc(F)c3Cl)c2)cc1. The lowest BCUT2D eigenvalue weighted by molar-refractivity contribution is -0.114.